The molecule has 1 aromatic rings. The minimum Gasteiger partial charge on any atom is -0.393 e. The van der Waals surface area contributed by atoms with Crippen LogP contribution >= 0.6 is 11.8 Å². The van der Waals surface area contributed by atoms with Crippen LogP contribution in [0.2, 0.25) is 0 Å². The van der Waals surface area contributed by atoms with Crippen molar-refractivity contribution in [3.63, 3.8) is 0 Å². The van der Waals surface area contributed by atoms with E-state index in [4.69, 9.17) is 5.73 Å². The van der Waals surface area contributed by atoms with Crippen LogP contribution < -0.4 is 5.73 Å². The van der Waals surface area contributed by atoms with Crippen molar-refractivity contribution < 1.29 is 13.2 Å². The molecular formula is C11H10F3NS. The van der Waals surface area contributed by atoms with E-state index in [-0.39, 0.29) is 0 Å². The van der Waals surface area contributed by atoms with Gasteiger partial charge in [0.25, 0.3) is 0 Å². The second-order valence-corrected chi connectivity index (χ2v) is 4.66. The minimum absolute atomic E-state index is 0.581. The third-order valence-corrected chi connectivity index (χ3v) is 3.41. The van der Waals surface area contributed by atoms with Crippen molar-refractivity contribution >= 4 is 17.3 Å². The molecule has 0 aromatic heterocycles. The van der Waals surface area contributed by atoms with Gasteiger partial charge in [0, 0.05) is 5.75 Å². The summed E-state index contributed by atoms with van der Waals surface area (Å²) in [6.07, 6.45) is -3.56. The van der Waals surface area contributed by atoms with E-state index in [2.05, 4.69) is 0 Å². The first-order chi connectivity index (χ1) is 7.48. The van der Waals surface area contributed by atoms with Crippen molar-refractivity contribution in [2.45, 2.75) is 12.6 Å². The molecule has 0 saturated heterocycles. The van der Waals surface area contributed by atoms with Crippen LogP contribution in [-0.2, 0) is 6.18 Å². The molecule has 86 valence electrons. The van der Waals surface area contributed by atoms with Gasteiger partial charge in [-0.2, -0.15) is 13.2 Å². The zero-order valence-electron chi connectivity index (χ0n) is 8.34. The summed E-state index contributed by atoms with van der Waals surface area (Å²) in [6.45, 7) is 0. The average molecular weight is 245 g/mol. The normalized spacial score (nSPS) is 16.9. The lowest BCUT2D eigenvalue weighted by Gasteiger charge is -2.09. The highest BCUT2D eigenvalue weighted by Gasteiger charge is 2.30. The van der Waals surface area contributed by atoms with Crippen molar-refractivity contribution in [2.24, 2.45) is 5.73 Å². The Hall–Kier alpha value is -1.10. The summed E-state index contributed by atoms with van der Waals surface area (Å²) in [6, 6.07) is 5.32. The molecule has 0 radical (unpaired) electrons. The predicted molar refractivity (Wildman–Crippen MR) is 59.6 cm³/mol. The molecule has 0 atom stereocenters. The molecule has 0 aliphatic carbocycles. The lowest BCUT2D eigenvalue weighted by atomic mass is 10.0. The molecule has 2 N–H and O–H groups in total. The Bertz CT molecular complexity index is 437. The van der Waals surface area contributed by atoms with Crippen molar-refractivity contribution in [1.82, 2.24) is 0 Å². The first-order valence-electron chi connectivity index (χ1n) is 4.77. The highest BCUT2D eigenvalue weighted by Crippen LogP contribution is 2.37. The summed E-state index contributed by atoms with van der Waals surface area (Å²) in [4.78, 5) is 0. The summed E-state index contributed by atoms with van der Waals surface area (Å²) in [5.41, 5.74) is 6.52. The molecule has 1 heterocycles. The average Bonchev–Trinajstić information content (AvgIpc) is 2.63. The minimum atomic E-state index is -4.29. The first-order valence-corrected chi connectivity index (χ1v) is 5.76. The quantitative estimate of drug-likeness (QED) is 0.819. The van der Waals surface area contributed by atoms with Crippen LogP contribution in [-0.4, -0.2) is 5.75 Å². The largest absolute Gasteiger partial charge is 0.416 e. The molecule has 5 heteroatoms. The highest BCUT2D eigenvalue weighted by molar-refractivity contribution is 8.03. The van der Waals surface area contributed by atoms with Crippen molar-refractivity contribution in [3.8, 4) is 0 Å². The third-order valence-electron chi connectivity index (χ3n) is 2.45. The highest BCUT2D eigenvalue weighted by atomic mass is 32.2. The molecule has 0 saturated carbocycles. The fourth-order valence-electron chi connectivity index (χ4n) is 1.64. The molecule has 16 heavy (non-hydrogen) atoms. The maximum absolute atomic E-state index is 12.5. The summed E-state index contributed by atoms with van der Waals surface area (Å²) in [7, 11) is 0. The molecule has 1 aromatic carbocycles. The molecular weight excluding hydrogens is 235 g/mol. The first kappa shape index (κ1) is 11.4. The van der Waals surface area contributed by atoms with Crippen LogP contribution in [0.3, 0.4) is 0 Å². The van der Waals surface area contributed by atoms with E-state index in [1.165, 1.54) is 17.8 Å². The standard InChI is InChI=1S/C11H10F3NS/c12-11(13,14)8-3-1-2-7(6-8)9-4-5-16-10(9)15/h1-3,6H,4-5,15H2. The van der Waals surface area contributed by atoms with Crippen molar-refractivity contribution in [2.75, 3.05) is 5.75 Å². The molecule has 0 spiro atoms. The summed E-state index contributed by atoms with van der Waals surface area (Å²) >= 11 is 1.49. The van der Waals surface area contributed by atoms with Gasteiger partial charge in [-0.05, 0) is 29.7 Å². The van der Waals surface area contributed by atoms with Crippen LogP contribution in [0.1, 0.15) is 17.5 Å². The maximum Gasteiger partial charge on any atom is 0.416 e. The fourth-order valence-corrected chi connectivity index (χ4v) is 2.56. The van der Waals surface area contributed by atoms with E-state index < -0.39 is 11.7 Å². The zero-order chi connectivity index (χ0) is 11.8. The number of alkyl halides is 3. The second kappa shape index (κ2) is 4.05. The molecule has 0 amide bonds. The van der Waals surface area contributed by atoms with Gasteiger partial charge in [-0.25, -0.2) is 0 Å². The summed E-state index contributed by atoms with van der Waals surface area (Å²) in [5, 5.41) is 0.638. The predicted octanol–water partition coefficient (Wildman–Crippen LogP) is 3.47. The lowest BCUT2D eigenvalue weighted by Crippen LogP contribution is -2.05. The van der Waals surface area contributed by atoms with Crippen LogP contribution in [0.5, 0.6) is 0 Å². The van der Waals surface area contributed by atoms with E-state index in [1.807, 2.05) is 0 Å². The number of thioether (sulfide) groups is 1. The van der Waals surface area contributed by atoms with Crippen molar-refractivity contribution in [1.29, 1.82) is 0 Å². The topological polar surface area (TPSA) is 26.0 Å². The van der Waals surface area contributed by atoms with Gasteiger partial charge in [-0.3, -0.25) is 0 Å². The van der Waals surface area contributed by atoms with E-state index in [0.29, 0.717) is 10.6 Å². The smallest absolute Gasteiger partial charge is 0.393 e. The van der Waals surface area contributed by atoms with Crippen LogP contribution in [0.15, 0.2) is 29.3 Å². The van der Waals surface area contributed by atoms with Gasteiger partial charge >= 0.3 is 6.18 Å². The Morgan fingerprint density at radius 2 is 2.00 bits per heavy atom. The number of halogens is 3. The fraction of sp³-hybridized carbons (Fsp3) is 0.273. The molecule has 1 aliphatic rings. The van der Waals surface area contributed by atoms with Gasteiger partial charge in [-0.1, -0.05) is 12.1 Å². The van der Waals surface area contributed by atoms with E-state index in [9.17, 15) is 13.2 Å². The number of allylic oxidation sites excluding steroid dienone is 1. The van der Waals surface area contributed by atoms with Crippen LogP contribution in [0.25, 0.3) is 5.57 Å². The van der Waals surface area contributed by atoms with E-state index in [1.54, 1.807) is 6.07 Å². The number of rotatable bonds is 1. The number of hydrogen-bond donors (Lipinski definition) is 1. The lowest BCUT2D eigenvalue weighted by molar-refractivity contribution is -0.137. The van der Waals surface area contributed by atoms with Gasteiger partial charge in [0.15, 0.2) is 0 Å². The Morgan fingerprint density at radius 1 is 1.25 bits per heavy atom. The Kier molecular flexibility index (Phi) is 2.88. The molecule has 0 fully saturated rings. The Balaban J connectivity index is 2.40. The van der Waals surface area contributed by atoms with Crippen LogP contribution in [0.4, 0.5) is 13.2 Å². The SMILES string of the molecule is NC1=C(c2cccc(C(F)(F)F)c2)CCS1. The maximum atomic E-state index is 12.5. The zero-order valence-corrected chi connectivity index (χ0v) is 9.16. The Morgan fingerprint density at radius 3 is 2.56 bits per heavy atom. The van der Waals surface area contributed by atoms with Gasteiger partial charge in [-0.15, -0.1) is 11.8 Å². The third kappa shape index (κ3) is 2.19. The van der Waals surface area contributed by atoms with Gasteiger partial charge in [0.05, 0.1) is 10.6 Å². The molecule has 1 nitrogen and oxygen atoms in total. The van der Waals surface area contributed by atoms with Gasteiger partial charge < -0.3 is 5.73 Å². The molecule has 0 unspecified atom stereocenters. The van der Waals surface area contributed by atoms with E-state index >= 15 is 0 Å². The molecule has 0 bridgehead atoms. The van der Waals surface area contributed by atoms with Crippen LogP contribution in [0, 0.1) is 0 Å². The van der Waals surface area contributed by atoms with Crippen molar-refractivity contribution in [3.05, 3.63) is 40.4 Å². The molecule has 2 rings (SSSR count). The summed E-state index contributed by atoms with van der Waals surface area (Å²) < 4.78 is 37.5. The van der Waals surface area contributed by atoms with Gasteiger partial charge in [0.2, 0.25) is 0 Å². The second-order valence-electron chi connectivity index (χ2n) is 3.52. The Labute approximate surface area is 95.5 Å². The van der Waals surface area contributed by atoms with E-state index in [0.717, 1.165) is 29.9 Å². The number of nitrogens with two attached hydrogens (primary N) is 1. The number of hydrogen-bond acceptors (Lipinski definition) is 2. The molecule has 1 aliphatic heterocycles. The monoisotopic (exact) mass is 245 g/mol. The number of benzene rings is 1. The summed E-state index contributed by atoms with van der Waals surface area (Å²) in [5.74, 6) is 0.845. The van der Waals surface area contributed by atoms with Gasteiger partial charge in [0.1, 0.15) is 0 Å².